The van der Waals surface area contributed by atoms with Crippen molar-refractivity contribution in [1.82, 2.24) is 4.90 Å². The van der Waals surface area contributed by atoms with E-state index < -0.39 is 16.6 Å². The molecule has 6 nitrogen and oxygen atoms in total. The van der Waals surface area contributed by atoms with Crippen LogP contribution in [0.1, 0.15) is 104 Å². The molecule has 0 bridgehead atoms. The van der Waals surface area contributed by atoms with Crippen molar-refractivity contribution in [3.63, 3.8) is 0 Å². The van der Waals surface area contributed by atoms with Gasteiger partial charge in [-0.15, -0.1) is 0 Å². The molecule has 1 heterocycles. The molecule has 4 N–H and O–H groups in total. The Hall–Kier alpha value is -1.63. The van der Waals surface area contributed by atoms with Crippen molar-refractivity contribution in [2.75, 3.05) is 13.1 Å². The zero-order chi connectivity index (χ0) is 26.5. The van der Waals surface area contributed by atoms with Crippen LogP contribution in [0.15, 0.2) is 12.1 Å². The molecule has 1 aromatic carbocycles. The lowest BCUT2D eigenvalue weighted by Gasteiger charge is -2.56. The van der Waals surface area contributed by atoms with Crippen LogP contribution in [-0.4, -0.2) is 61.4 Å². The number of likely N-dealkylation sites (tertiary alicyclic amines) is 1. The monoisotopic (exact) mass is 501 g/mol. The van der Waals surface area contributed by atoms with E-state index in [9.17, 15) is 20.1 Å². The zero-order valence-electron chi connectivity index (χ0n) is 22.9. The van der Waals surface area contributed by atoms with E-state index in [1.165, 1.54) is 26.2 Å². The quantitative estimate of drug-likeness (QED) is 0.431. The van der Waals surface area contributed by atoms with Crippen LogP contribution in [0.4, 0.5) is 0 Å². The van der Waals surface area contributed by atoms with E-state index in [1.807, 2.05) is 6.07 Å². The molecule has 3 aliphatic carbocycles. The van der Waals surface area contributed by atoms with Gasteiger partial charge in [-0.25, -0.2) is 0 Å². The minimum Gasteiger partial charge on any atom is -0.504 e. The summed E-state index contributed by atoms with van der Waals surface area (Å²) in [6.07, 6.45) is 9.84. The molecule has 6 heteroatoms. The van der Waals surface area contributed by atoms with Gasteiger partial charge >= 0.3 is 0 Å². The molecule has 0 radical (unpaired) electrons. The van der Waals surface area contributed by atoms with E-state index >= 15 is 0 Å². The second-order valence-electron chi connectivity index (χ2n) is 13.3. The van der Waals surface area contributed by atoms with E-state index in [0.717, 1.165) is 62.2 Å². The summed E-state index contributed by atoms with van der Waals surface area (Å²) in [5, 5.41) is 42.6. The van der Waals surface area contributed by atoms with Gasteiger partial charge in [-0.05, 0) is 76.8 Å². The van der Waals surface area contributed by atoms with Crippen molar-refractivity contribution in [2.24, 2.45) is 11.3 Å². The number of Topliss-reactive ketones (excluding diaryl/α,β-unsaturated/α-hetero) is 1. The smallest absolute Gasteiger partial charge is 0.161 e. The molecule has 2 saturated carbocycles. The molecule has 0 spiro atoms. The van der Waals surface area contributed by atoms with Gasteiger partial charge in [0.1, 0.15) is 5.78 Å². The standard InChI is InChI=1S/C23H33NO3.C7H14O2/c1-21-10-3-4-11-22(2)19-16(8-9-17(25)20(19)26)12-18(23(21,22)27)24(14-21)13-15-6-5-7-15;1-6(8)4-5-7(2,3)9/h8-9,15,18,25-27H,3-7,10-14H2,1-2H3;9H,4-5H2,1-3H3. The summed E-state index contributed by atoms with van der Waals surface area (Å²) in [6.45, 7) is 11.4. The molecule has 0 amide bonds. The minimum absolute atomic E-state index is 0.0106. The number of rotatable bonds is 5. The number of nitrogens with zero attached hydrogens (tertiary/aromatic N) is 1. The van der Waals surface area contributed by atoms with Crippen molar-refractivity contribution < 1.29 is 25.2 Å². The second-order valence-corrected chi connectivity index (χ2v) is 13.3. The largest absolute Gasteiger partial charge is 0.504 e. The van der Waals surface area contributed by atoms with Crippen LogP contribution >= 0.6 is 0 Å². The van der Waals surface area contributed by atoms with Crippen molar-refractivity contribution >= 4 is 5.78 Å². The molecule has 1 saturated heterocycles. The van der Waals surface area contributed by atoms with Crippen molar-refractivity contribution in [1.29, 1.82) is 0 Å². The molecule has 4 atom stereocenters. The number of aromatic hydroxyl groups is 2. The summed E-state index contributed by atoms with van der Waals surface area (Å²) < 4.78 is 0. The molecule has 0 aromatic heterocycles. The normalized spacial score (nSPS) is 34.0. The van der Waals surface area contributed by atoms with Gasteiger partial charge in [0.2, 0.25) is 0 Å². The van der Waals surface area contributed by atoms with Crippen molar-refractivity contribution in [3.8, 4) is 11.5 Å². The molecule has 4 unspecified atom stereocenters. The summed E-state index contributed by atoms with van der Waals surface area (Å²) in [5.74, 6) is 0.841. The molecule has 202 valence electrons. The number of hydrogen-bond acceptors (Lipinski definition) is 6. The van der Waals surface area contributed by atoms with Crippen LogP contribution in [0.25, 0.3) is 0 Å². The third-order valence-electron chi connectivity index (χ3n) is 9.91. The Labute approximate surface area is 216 Å². The van der Waals surface area contributed by atoms with Crippen LogP contribution in [0.2, 0.25) is 0 Å². The maximum atomic E-state index is 12.5. The average Bonchev–Trinajstić information content (AvgIpc) is 2.91. The zero-order valence-corrected chi connectivity index (χ0v) is 22.9. The Kier molecular flexibility index (Phi) is 7.30. The van der Waals surface area contributed by atoms with Gasteiger partial charge in [0, 0.05) is 41.9 Å². The highest BCUT2D eigenvalue weighted by atomic mass is 16.3. The molecular weight excluding hydrogens is 454 g/mol. The van der Waals surface area contributed by atoms with E-state index in [0.29, 0.717) is 12.8 Å². The molecule has 36 heavy (non-hydrogen) atoms. The fourth-order valence-corrected chi connectivity index (χ4v) is 7.72. The highest BCUT2D eigenvalue weighted by Crippen LogP contribution is 2.64. The second kappa shape index (κ2) is 9.59. The van der Waals surface area contributed by atoms with Crippen LogP contribution in [0, 0.1) is 11.3 Å². The van der Waals surface area contributed by atoms with Gasteiger partial charge in [0.15, 0.2) is 11.5 Å². The predicted octanol–water partition coefficient (Wildman–Crippen LogP) is 4.83. The number of benzene rings is 1. The molecule has 1 aliphatic heterocycles. The number of phenolic OH excluding ortho intramolecular Hbond substituents is 2. The Balaban J connectivity index is 0.000000292. The Morgan fingerprint density at radius 2 is 1.78 bits per heavy atom. The van der Waals surface area contributed by atoms with Crippen LogP contribution < -0.4 is 0 Å². The first-order valence-electron chi connectivity index (χ1n) is 13.9. The van der Waals surface area contributed by atoms with Crippen LogP contribution in [-0.2, 0) is 16.6 Å². The predicted molar refractivity (Wildman–Crippen MR) is 141 cm³/mol. The SMILES string of the molecule is CC(=O)CCC(C)(C)O.CC12CCCCC3(C)c4c(ccc(O)c4O)CC(N(CC4CCC4)C1)C23O. The molecular formula is C30H47NO5. The lowest BCUT2D eigenvalue weighted by molar-refractivity contribution is -0.129. The number of hydrogen-bond donors (Lipinski definition) is 4. The van der Waals surface area contributed by atoms with E-state index in [1.54, 1.807) is 19.9 Å². The third-order valence-corrected chi connectivity index (χ3v) is 9.91. The number of carbonyl (C=O) groups is 1. The fourth-order valence-electron chi connectivity index (χ4n) is 7.72. The topological polar surface area (TPSA) is 101 Å². The highest BCUT2D eigenvalue weighted by Gasteiger charge is 2.70. The minimum atomic E-state index is -0.876. The first-order valence-corrected chi connectivity index (χ1v) is 13.9. The highest BCUT2D eigenvalue weighted by molar-refractivity contribution is 5.75. The van der Waals surface area contributed by atoms with E-state index in [4.69, 9.17) is 5.11 Å². The number of phenols is 2. The van der Waals surface area contributed by atoms with Gasteiger partial charge in [-0.3, -0.25) is 4.90 Å². The van der Waals surface area contributed by atoms with Crippen molar-refractivity contribution in [3.05, 3.63) is 23.3 Å². The first-order chi connectivity index (χ1) is 16.7. The lowest BCUT2D eigenvalue weighted by atomic mass is 9.51. The fraction of sp³-hybridized carbons (Fsp3) is 0.767. The van der Waals surface area contributed by atoms with Gasteiger partial charge < -0.3 is 25.2 Å². The lowest BCUT2D eigenvalue weighted by Crippen LogP contribution is -2.66. The Morgan fingerprint density at radius 1 is 1.11 bits per heavy atom. The average molecular weight is 502 g/mol. The Morgan fingerprint density at radius 3 is 2.33 bits per heavy atom. The number of fused-ring (bicyclic) bond motifs is 2. The summed E-state index contributed by atoms with van der Waals surface area (Å²) >= 11 is 0. The first kappa shape index (κ1) is 27.4. The number of ketones is 1. The molecule has 4 aliphatic rings. The third kappa shape index (κ3) is 4.58. The molecule has 3 fully saturated rings. The number of aliphatic hydroxyl groups is 2. The van der Waals surface area contributed by atoms with Gasteiger partial charge in [-0.1, -0.05) is 39.2 Å². The summed E-state index contributed by atoms with van der Waals surface area (Å²) in [4.78, 5) is 13.0. The van der Waals surface area contributed by atoms with Gasteiger partial charge in [-0.2, -0.15) is 0 Å². The van der Waals surface area contributed by atoms with Gasteiger partial charge in [0.25, 0.3) is 0 Å². The maximum absolute atomic E-state index is 12.5. The van der Waals surface area contributed by atoms with E-state index in [-0.39, 0.29) is 28.7 Å². The summed E-state index contributed by atoms with van der Waals surface area (Å²) in [6, 6.07) is 3.68. The Bertz CT molecular complexity index is 982. The maximum Gasteiger partial charge on any atom is 0.161 e. The van der Waals surface area contributed by atoms with Crippen LogP contribution in [0.3, 0.4) is 0 Å². The number of carbonyl (C=O) groups excluding carboxylic acids is 1. The van der Waals surface area contributed by atoms with Crippen molar-refractivity contribution in [2.45, 2.75) is 121 Å². The summed E-state index contributed by atoms with van der Waals surface area (Å²) in [7, 11) is 0. The van der Waals surface area contributed by atoms with E-state index in [2.05, 4.69) is 18.7 Å². The van der Waals surface area contributed by atoms with Crippen LogP contribution in [0.5, 0.6) is 11.5 Å². The van der Waals surface area contributed by atoms with Gasteiger partial charge in [0.05, 0.1) is 11.2 Å². The molecule has 5 rings (SSSR count). The molecule has 1 aromatic rings. The summed E-state index contributed by atoms with van der Waals surface area (Å²) in [5.41, 5.74) is -0.368.